The highest BCUT2D eigenvalue weighted by Crippen LogP contribution is 2.27. The number of para-hydroxylation sites is 1. The van der Waals surface area contributed by atoms with E-state index in [0.29, 0.717) is 16.0 Å². The van der Waals surface area contributed by atoms with Crippen LogP contribution in [0.5, 0.6) is 0 Å². The van der Waals surface area contributed by atoms with Gasteiger partial charge in [-0.25, -0.2) is 4.98 Å². The van der Waals surface area contributed by atoms with Crippen molar-refractivity contribution < 1.29 is 9.59 Å². The Bertz CT molecular complexity index is 1130. The van der Waals surface area contributed by atoms with Gasteiger partial charge < -0.3 is 0 Å². The zero-order valence-electron chi connectivity index (χ0n) is 14.3. The molecule has 134 valence electrons. The molecule has 4 aromatic rings. The third-order valence-corrected chi connectivity index (χ3v) is 5.20. The van der Waals surface area contributed by atoms with Crippen molar-refractivity contribution in [3.63, 3.8) is 0 Å². The van der Waals surface area contributed by atoms with Crippen LogP contribution in [-0.2, 0) is 0 Å². The van der Waals surface area contributed by atoms with Crippen LogP contribution in [0.1, 0.15) is 25.9 Å². The Morgan fingerprint density at radius 3 is 2.48 bits per heavy atom. The summed E-state index contributed by atoms with van der Waals surface area (Å²) in [6.07, 6.45) is 0. The van der Waals surface area contributed by atoms with Gasteiger partial charge in [-0.05, 0) is 13.0 Å². The zero-order chi connectivity index (χ0) is 18.8. The molecule has 0 spiro atoms. The number of hydrazine groups is 1. The van der Waals surface area contributed by atoms with Gasteiger partial charge in [-0.2, -0.15) is 5.10 Å². The number of fused-ring (bicyclic) bond motifs is 1. The zero-order valence-corrected chi connectivity index (χ0v) is 15.1. The Kier molecular flexibility index (Phi) is 4.39. The van der Waals surface area contributed by atoms with Crippen LogP contribution >= 0.6 is 11.3 Å². The standard InChI is InChI=1S/C19H15N5O2S/c1-11-16(27-19(20-11)12-7-3-2-4-8-12)18(26)24-23-17(25)15-13-9-5-6-10-14(13)21-22-15/h2-10H,1H3,(H,21,22)(H,23,25)(H,24,26). The van der Waals surface area contributed by atoms with Gasteiger partial charge in [-0.1, -0.05) is 48.5 Å². The van der Waals surface area contributed by atoms with Crippen LogP contribution in [0, 0.1) is 6.92 Å². The Labute approximate surface area is 158 Å². The molecule has 0 radical (unpaired) electrons. The van der Waals surface area contributed by atoms with E-state index in [-0.39, 0.29) is 5.69 Å². The van der Waals surface area contributed by atoms with Crippen LogP contribution in [0.4, 0.5) is 0 Å². The minimum absolute atomic E-state index is 0.219. The summed E-state index contributed by atoms with van der Waals surface area (Å²) < 4.78 is 0. The predicted molar refractivity (Wildman–Crippen MR) is 103 cm³/mol. The number of rotatable bonds is 3. The number of aryl methyl sites for hydroxylation is 1. The van der Waals surface area contributed by atoms with E-state index in [1.165, 1.54) is 11.3 Å². The van der Waals surface area contributed by atoms with Crippen molar-refractivity contribution in [1.29, 1.82) is 0 Å². The first-order valence-corrected chi connectivity index (χ1v) is 9.02. The van der Waals surface area contributed by atoms with Crippen molar-refractivity contribution in [2.45, 2.75) is 6.92 Å². The van der Waals surface area contributed by atoms with Crippen LogP contribution in [0.2, 0.25) is 0 Å². The number of nitrogens with zero attached hydrogens (tertiary/aromatic N) is 2. The summed E-state index contributed by atoms with van der Waals surface area (Å²) >= 11 is 1.28. The monoisotopic (exact) mass is 377 g/mol. The largest absolute Gasteiger partial charge is 0.290 e. The highest BCUT2D eigenvalue weighted by atomic mass is 32.1. The molecule has 8 heteroatoms. The Balaban J connectivity index is 1.48. The molecule has 0 saturated heterocycles. The van der Waals surface area contributed by atoms with Gasteiger partial charge in [-0.15, -0.1) is 11.3 Å². The van der Waals surface area contributed by atoms with Gasteiger partial charge in [0.05, 0.1) is 11.2 Å². The first-order valence-electron chi connectivity index (χ1n) is 8.20. The predicted octanol–water partition coefficient (Wildman–Crippen LogP) is 3.07. The number of carbonyl (C=O) groups excluding carboxylic acids is 2. The maximum atomic E-state index is 12.5. The minimum Gasteiger partial charge on any atom is -0.277 e. The van der Waals surface area contributed by atoms with E-state index in [0.717, 1.165) is 16.1 Å². The highest BCUT2D eigenvalue weighted by Gasteiger charge is 2.18. The lowest BCUT2D eigenvalue weighted by atomic mass is 10.2. The molecule has 7 nitrogen and oxygen atoms in total. The number of benzene rings is 2. The summed E-state index contributed by atoms with van der Waals surface area (Å²) in [5.41, 5.74) is 7.36. The van der Waals surface area contributed by atoms with Gasteiger partial charge in [0, 0.05) is 10.9 Å². The van der Waals surface area contributed by atoms with E-state index in [1.54, 1.807) is 13.0 Å². The number of nitrogens with one attached hydrogen (secondary N) is 3. The maximum Gasteiger partial charge on any atom is 0.290 e. The first-order chi connectivity index (χ1) is 13.1. The summed E-state index contributed by atoms with van der Waals surface area (Å²) in [5, 5.41) is 8.23. The lowest BCUT2D eigenvalue weighted by Gasteiger charge is -2.05. The van der Waals surface area contributed by atoms with Crippen LogP contribution in [0.25, 0.3) is 21.5 Å². The molecule has 0 bridgehead atoms. The molecule has 0 aliphatic carbocycles. The molecule has 2 amide bonds. The van der Waals surface area contributed by atoms with Crippen molar-refractivity contribution in [1.82, 2.24) is 26.0 Å². The lowest BCUT2D eigenvalue weighted by Crippen LogP contribution is -2.41. The Hall–Kier alpha value is -3.52. The number of carbonyl (C=O) groups is 2. The fourth-order valence-electron chi connectivity index (χ4n) is 2.68. The number of hydrogen-bond acceptors (Lipinski definition) is 5. The third kappa shape index (κ3) is 3.30. The highest BCUT2D eigenvalue weighted by molar-refractivity contribution is 7.17. The SMILES string of the molecule is Cc1nc(-c2ccccc2)sc1C(=O)NNC(=O)c1n[nH]c2ccccc12. The third-order valence-electron chi connectivity index (χ3n) is 4.00. The molecule has 2 heterocycles. The second-order valence-corrected chi connectivity index (χ2v) is 6.82. The van der Waals surface area contributed by atoms with Gasteiger partial charge >= 0.3 is 0 Å². The number of amides is 2. The smallest absolute Gasteiger partial charge is 0.277 e. The second-order valence-electron chi connectivity index (χ2n) is 5.83. The average Bonchev–Trinajstić information content (AvgIpc) is 3.30. The molecule has 2 aromatic carbocycles. The molecular weight excluding hydrogens is 362 g/mol. The fourth-order valence-corrected chi connectivity index (χ4v) is 3.64. The van der Waals surface area contributed by atoms with Gasteiger partial charge in [0.15, 0.2) is 5.69 Å². The van der Waals surface area contributed by atoms with Gasteiger partial charge in [0.25, 0.3) is 11.8 Å². The molecule has 3 N–H and O–H groups in total. The molecule has 0 saturated carbocycles. The number of aromatic amines is 1. The van der Waals surface area contributed by atoms with Crippen LogP contribution in [0.15, 0.2) is 54.6 Å². The molecule has 2 aromatic heterocycles. The van der Waals surface area contributed by atoms with Crippen molar-refractivity contribution in [3.05, 3.63) is 70.9 Å². The van der Waals surface area contributed by atoms with Crippen molar-refractivity contribution >= 4 is 34.1 Å². The Morgan fingerprint density at radius 2 is 1.67 bits per heavy atom. The quantitative estimate of drug-likeness (QED) is 0.478. The molecule has 0 atom stereocenters. The number of hydrogen-bond donors (Lipinski definition) is 3. The van der Waals surface area contributed by atoms with Gasteiger partial charge in [0.1, 0.15) is 9.88 Å². The van der Waals surface area contributed by atoms with E-state index in [9.17, 15) is 9.59 Å². The van der Waals surface area contributed by atoms with E-state index in [2.05, 4.69) is 26.0 Å². The molecule has 0 unspecified atom stereocenters. The number of thiazole rings is 1. The van der Waals surface area contributed by atoms with E-state index in [1.807, 2.05) is 48.5 Å². The van der Waals surface area contributed by atoms with Crippen LogP contribution in [-0.4, -0.2) is 27.0 Å². The molecule has 0 aliphatic rings. The second kappa shape index (κ2) is 7.00. The van der Waals surface area contributed by atoms with E-state index >= 15 is 0 Å². The summed E-state index contributed by atoms with van der Waals surface area (Å²) in [5.74, 6) is -0.911. The summed E-state index contributed by atoms with van der Waals surface area (Å²) in [6, 6.07) is 16.9. The topological polar surface area (TPSA) is 99.8 Å². The molecule has 0 fully saturated rings. The number of H-pyrrole nitrogens is 1. The van der Waals surface area contributed by atoms with E-state index in [4.69, 9.17) is 0 Å². The van der Waals surface area contributed by atoms with E-state index < -0.39 is 11.8 Å². The molecule has 4 rings (SSSR count). The molecule has 27 heavy (non-hydrogen) atoms. The first kappa shape index (κ1) is 16.9. The minimum atomic E-state index is -0.494. The summed E-state index contributed by atoms with van der Waals surface area (Å²) in [7, 11) is 0. The number of aromatic nitrogens is 3. The fraction of sp³-hybridized carbons (Fsp3) is 0.0526. The summed E-state index contributed by atoms with van der Waals surface area (Å²) in [4.78, 5) is 29.7. The van der Waals surface area contributed by atoms with Gasteiger partial charge in [-0.3, -0.25) is 25.5 Å². The maximum absolute atomic E-state index is 12.5. The molecular formula is C19H15N5O2S. The van der Waals surface area contributed by atoms with Gasteiger partial charge in [0.2, 0.25) is 0 Å². The van der Waals surface area contributed by atoms with Crippen LogP contribution in [0.3, 0.4) is 0 Å². The van der Waals surface area contributed by atoms with Crippen molar-refractivity contribution in [2.24, 2.45) is 0 Å². The Morgan fingerprint density at radius 1 is 0.963 bits per heavy atom. The summed E-state index contributed by atoms with van der Waals surface area (Å²) in [6.45, 7) is 1.76. The average molecular weight is 377 g/mol. The van der Waals surface area contributed by atoms with Crippen molar-refractivity contribution in [3.8, 4) is 10.6 Å². The lowest BCUT2D eigenvalue weighted by molar-refractivity contribution is 0.0846. The van der Waals surface area contributed by atoms with Crippen molar-refractivity contribution in [2.75, 3.05) is 0 Å². The normalized spacial score (nSPS) is 10.7. The van der Waals surface area contributed by atoms with Crippen LogP contribution < -0.4 is 10.9 Å². The molecule has 0 aliphatic heterocycles.